The first kappa shape index (κ1) is 15.3. The van der Waals surface area contributed by atoms with Gasteiger partial charge in [0.05, 0.1) is 12.5 Å². The van der Waals surface area contributed by atoms with E-state index in [4.69, 9.17) is 5.11 Å². The lowest BCUT2D eigenvalue weighted by Gasteiger charge is -2.48. The van der Waals surface area contributed by atoms with Gasteiger partial charge in [0.25, 0.3) is 0 Å². The Morgan fingerprint density at radius 3 is 2.80 bits per heavy atom. The largest absolute Gasteiger partial charge is 0.481 e. The first-order chi connectivity index (χ1) is 9.30. The van der Waals surface area contributed by atoms with Crippen LogP contribution < -0.4 is 5.32 Å². The van der Waals surface area contributed by atoms with E-state index in [1.165, 1.54) is 0 Å². The molecule has 0 aromatic carbocycles. The molecule has 20 heavy (non-hydrogen) atoms. The number of amides is 1. The molecular weight excluding hydrogens is 256 g/mol. The molecule has 1 aliphatic carbocycles. The Balaban J connectivity index is 2.12. The number of carboxylic acids is 1. The van der Waals surface area contributed by atoms with E-state index in [2.05, 4.69) is 31.0 Å². The minimum atomic E-state index is -0.902. The average molecular weight is 282 g/mol. The molecule has 3 atom stereocenters. The number of nitrogens with one attached hydrogen (secondary N) is 1. The number of carbonyl (C=O) groups excluding carboxylic acids is 1. The standard InChI is InChI=1S/C15H26N2O3/c1-10-9-15(2,3)5-4-11(10)17-7-6-16-14(20)12(17)8-13(18)19/h10-12H,4-9H2,1-3H3,(H,16,20)(H,18,19). The van der Waals surface area contributed by atoms with Gasteiger partial charge in [-0.05, 0) is 30.6 Å². The minimum Gasteiger partial charge on any atom is -0.481 e. The van der Waals surface area contributed by atoms with Gasteiger partial charge in [0.2, 0.25) is 5.91 Å². The molecule has 1 heterocycles. The van der Waals surface area contributed by atoms with E-state index in [1.807, 2.05) is 0 Å². The van der Waals surface area contributed by atoms with Crippen molar-refractivity contribution in [2.24, 2.45) is 11.3 Å². The van der Waals surface area contributed by atoms with Gasteiger partial charge in [0.1, 0.15) is 0 Å². The van der Waals surface area contributed by atoms with E-state index in [0.717, 1.165) is 25.8 Å². The molecule has 1 saturated heterocycles. The minimum absolute atomic E-state index is 0.0988. The van der Waals surface area contributed by atoms with E-state index < -0.39 is 12.0 Å². The maximum atomic E-state index is 12.0. The summed E-state index contributed by atoms with van der Waals surface area (Å²) in [5.41, 5.74) is 0.357. The summed E-state index contributed by atoms with van der Waals surface area (Å²) in [5, 5.41) is 11.8. The fraction of sp³-hybridized carbons (Fsp3) is 0.867. The Kier molecular flexibility index (Phi) is 4.37. The summed E-state index contributed by atoms with van der Waals surface area (Å²) in [6.07, 6.45) is 3.23. The zero-order valence-electron chi connectivity index (χ0n) is 12.7. The van der Waals surface area contributed by atoms with Crippen molar-refractivity contribution >= 4 is 11.9 Å². The maximum absolute atomic E-state index is 12.0. The van der Waals surface area contributed by atoms with Gasteiger partial charge in [-0.1, -0.05) is 20.8 Å². The molecule has 5 heteroatoms. The van der Waals surface area contributed by atoms with Crippen LogP contribution in [-0.2, 0) is 9.59 Å². The molecule has 3 unspecified atom stereocenters. The molecule has 1 aliphatic heterocycles. The van der Waals surface area contributed by atoms with Crippen LogP contribution in [0.3, 0.4) is 0 Å². The molecule has 2 rings (SSSR count). The fourth-order valence-electron chi connectivity index (χ4n) is 3.93. The first-order valence-electron chi connectivity index (χ1n) is 7.55. The van der Waals surface area contributed by atoms with E-state index >= 15 is 0 Å². The normalized spacial score (nSPS) is 34.5. The maximum Gasteiger partial charge on any atom is 0.305 e. The summed E-state index contributed by atoms with van der Waals surface area (Å²) in [6, 6.07) is -0.173. The Hall–Kier alpha value is -1.10. The Morgan fingerprint density at radius 2 is 2.20 bits per heavy atom. The predicted octanol–water partition coefficient (Wildman–Crippen LogP) is 1.48. The first-order valence-corrected chi connectivity index (χ1v) is 7.55. The summed E-state index contributed by atoms with van der Waals surface area (Å²) in [7, 11) is 0. The summed E-state index contributed by atoms with van der Waals surface area (Å²) in [6.45, 7) is 8.20. The highest BCUT2D eigenvalue weighted by atomic mass is 16.4. The number of carboxylic acid groups (broad SMARTS) is 1. The smallest absolute Gasteiger partial charge is 0.305 e. The predicted molar refractivity (Wildman–Crippen MR) is 76.3 cm³/mol. The highest BCUT2D eigenvalue weighted by Crippen LogP contribution is 2.41. The molecule has 0 aromatic rings. The lowest BCUT2D eigenvalue weighted by Crippen LogP contribution is -2.61. The molecule has 1 saturated carbocycles. The Bertz CT molecular complexity index is 395. The van der Waals surface area contributed by atoms with Crippen molar-refractivity contribution in [2.45, 2.75) is 58.5 Å². The molecule has 2 aliphatic rings. The van der Waals surface area contributed by atoms with E-state index in [1.54, 1.807) is 0 Å². The highest BCUT2D eigenvalue weighted by Gasteiger charge is 2.41. The van der Waals surface area contributed by atoms with E-state index in [-0.39, 0.29) is 12.3 Å². The van der Waals surface area contributed by atoms with Gasteiger partial charge in [-0.15, -0.1) is 0 Å². The van der Waals surface area contributed by atoms with Crippen molar-refractivity contribution in [3.8, 4) is 0 Å². The number of aliphatic carboxylic acids is 1. The van der Waals surface area contributed by atoms with Crippen molar-refractivity contribution in [1.29, 1.82) is 0 Å². The number of hydrogen-bond acceptors (Lipinski definition) is 3. The number of rotatable bonds is 3. The number of hydrogen-bond donors (Lipinski definition) is 2. The van der Waals surface area contributed by atoms with Gasteiger partial charge in [0, 0.05) is 19.1 Å². The molecule has 114 valence electrons. The molecule has 0 aromatic heterocycles. The van der Waals surface area contributed by atoms with Gasteiger partial charge in [-0.25, -0.2) is 0 Å². The molecule has 0 spiro atoms. The van der Waals surface area contributed by atoms with Crippen LogP contribution in [0.15, 0.2) is 0 Å². The SMILES string of the molecule is CC1CC(C)(C)CCC1N1CCNC(=O)C1CC(=O)O. The van der Waals surface area contributed by atoms with Crippen molar-refractivity contribution < 1.29 is 14.7 Å². The quantitative estimate of drug-likeness (QED) is 0.822. The number of piperazine rings is 1. The second-order valence-corrected chi connectivity index (χ2v) is 7.09. The third kappa shape index (κ3) is 3.32. The Morgan fingerprint density at radius 1 is 1.50 bits per heavy atom. The van der Waals surface area contributed by atoms with Crippen LogP contribution in [0.2, 0.25) is 0 Å². The van der Waals surface area contributed by atoms with Crippen LogP contribution in [0.1, 0.15) is 46.5 Å². The third-order valence-electron chi connectivity index (χ3n) is 4.81. The zero-order chi connectivity index (χ0) is 14.9. The number of carbonyl (C=O) groups is 2. The summed E-state index contributed by atoms with van der Waals surface area (Å²) in [4.78, 5) is 25.2. The van der Waals surface area contributed by atoms with Gasteiger partial charge in [-0.3, -0.25) is 14.5 Å². The molecular formula is C15H26N2O3. The van der Waals surface area contributed by atoms with Crippen LogP contribution >= 0.6 is 0 Å². The van der Waals surface area contributed by atoms with Gasteiger partial charge in [0.15, 0.2) is 0 Å². The summed E-state index contributed by atoms with van der Waals surface area (Å²) >= 11 is 0. The summed E-state index contributed by atoms with van der Waals surface area (Å²) < 4.78 is 0. The van der Waals surface area contributed by atoms with E-state index in [0.29, 0.717) is 23.9 Å². The fourth-order valence-corrected chi connectivity index (χ4v) is 3.93. The molecule has 0 radical (unpaired) electrons. The summed E-state index contributed by atoms with van der Waals surface area (Å²) in [5.74, 6) is -0.530. The van der Waals surface area contributed by atoms with Crippen LogP contribution in [0.4, 0.5) is 0 Å². The number of nitrogens with zero attached hydrogens (tertiary/aromatic N) is 1. The lowest BCUT2D eigenvalue weighted by atomic mass is 9.70. The van der Waals surface area contributed by atoms with Gasteiger partial charge in [-0.2, -0.15) is 0 Å². The second kappa shape index (κ2) is 5.72. The van der Waals surface area contributed by atoms with Crippen molar-refractivity contribution in [3.05, 3.63) is 0 Å². The molecule has 0 bridgehead atoms. The van der Waals surface area contributed by atoms with Crippen LogP contribution in [0.5, 0.6) is 0 Å². The van der Waals surface area contributed by atoms with Crippen LogP contribution in [0, 0.1) is 11.3 Å². The third-order valence-corrected chi connectivity index (χ3v) is 4.81. The second-order valence-electron chi connectivity index (χ2n) is 7.09. The van der Waals surface area contributed by atoms with Gasteiger partial charge < -0.3 is 10.4 Å². The Labute approximate surface area is 120 Å². The lowest BCUT2D eigenvalue weighted by molar-refractivity contribution is -0.145. The average Bonchev–Trinajstić information content (AvgIpc) is 2.31. The van der Waals surface area contributed by atoms with Crippen LogP contribution in [0.25, 0.3) is 0 Å². The zero-order valence-corrected chi connectivity index (χ0v) is 12.7. The molecule has 5 nitrogen and oxygen atoms in total. The van der Waals surface area contributed by atoms with Crippen molar-refractivity contribution in [2.75, 3.05) is 13.1 Å². The molecule has 1 amide bonds. The topological polar surface area (TPSA) is 69.6 Å². The molecule has 2 fully saturated rings. The highest BCUT2D eigenvalue weighted by molar-refractivity contribution is 5.86. The van der Waals surface area contributed by atoms with Crippen LogP contribution in [-0.4, -0.2) is 47.1 Å². The van der Waals surface area contributed by atoms with Crippen molar-refractivity contribution in [1.82, 2.24) is 10.2 Å². The monoisotopic (exact) mass is 282 g/mol. The van der Waals surface area contributed by atoms with Gasteiger partial charge >= 0.3 is 5.97 Å². The molecule has 2 N–H and O–H groups in total. The van der Waals surface area contributed by atoms with E-state index in [9.17, 15) is 9.59 Å². The van der Waals surface area contributed by atoms with Crippen molar-refractivity contribution in [3.63, 3.8) is 0 Å².